The van der Waals surface area contributed by atoms with Crippen molar-refractivity contribution in [3.05, 3.63) is 34.7 Å². The Hall–Kier alpha value is -1.20. The number of benzene rings is 1. The summed E-state index contributed by atoms with van der Waals surface area (Å²) in [5.74, 6) is -0.292. The molecule has 1 saturated heterocycles. The van der Waals surface area contributed by atoms with E-state index in [0.29, 0.717) is 4.47 Å². The van der Waals surface area contributed by atoms with Gasteiger partial charge in [-0.2, -0.15) is 5.10 Å². The first-order valence-electron chi connectivity index (χ1n) is 6.32. The third kappa shape index (κ3) is 2.21. The molecule has 0 aliphatic carbocycles. The van der Waals surface area contributed by atoms with E-state index in [9.17, 15) is 4.39 Å². The first kappa shape index (κ1) is 12.8. The molecule has 3 rings (SSSR count). The molecule has 3 nitrogen and oxygen atoms in total. The van der Waals surface area contributed by atoms with Crippen LogP contribution in [0.25, 0.3) is 17.0 Å². The van der Waals surface area contributed by atoms with E-state index in [1.165, 1.54) is 6.07 Å². The lowest BCUT2D eigenvalue weighted by atomic mass is 10.1. The van der Waals surface area contributed by atoms with Crippen LogP contribution >= 0.6 is 15.9 Å². The van der Waals surface area contributed by atoms with E-state index >= 15 is 0 Å². The summed E-state index contributed by atoms with van der Waals surface area (Å²) in [6.07, 6.45) is 4.67. The molecule has 1 aromatic heterocycles. The Bertz CT molecular complexity index is 632. The lowest BCUT2D eigenvalue weighted by molar-refractivity contribution is -0.0367. The smallest absolute Gasteiger partial charge is 0.150 e. The fourth-order valence-electron chi connectivity index (χ4n) is 2.44. The van der Waals surface area contributed by atoms with E-state index in [4.69, 9.17) is 4.74 Å². The van der Waals surface area contributed by atoms with E-state index in [1.807, 2.05) is 0 Å². The van der Waals surface area contributed by atoms with Crippen LogP contribution in [-0.4, -0.2) is 16.4 Å². The first-order valence-corrected chi connectivity index (χ1v) is 7.11. The topological polar surface area (TPSA) is 27.1 Å². The lowest BCUT2D eigenvalue weighted by Gasteiger charge is -2.23. The number of halogens is 2. The molecule has 1 aliphatic heterocycles. The number of hydrogen-bond donors (Lipinski definition) is 0. The minimum atomic E-state index is -0.292. The van der Waals surface area contributed by atoms with Gasteiger partial charge in [-0.05, 0) is 47.3 Å². The second-order valence-corrected chi connectivity index (χ2v) is 5.49. The average molecular weight is 325 g/mol. The van der Waals surface area contributed by atoms with E-state index in [2.05, 4.69) is 27.6 Å². The molecule has 1 fully saturated rings. The van der Waals surface area contributed by atoms with Gasteiger partial charge in [0.05, 0.1) is 15.7 Å². The molecule has 5 heteroatoms. The highest BCUT2D eigenvalue weighted by molar-refractivity contribution is 9.10. The van der Waals surface area contributed by atoms with Crippen LogP contribution < -0.4 is 0 Å². The number of hydrogen-bond acceptors (Lipinski definition) is 2. The molecule has 1 atom stereocenters. The fraction of sp³-hybridized carbons (Fsp3) is 0.357. The minimum absolute atomic E-state index is 0.106. The van der Waals surface area contributed by atoms with Gasteiger partial charge >= 0.3 is 0 Å². The molecule has 0 radical (unpaired) electrons. The Kier molecular flexibility index (Phi) is 3.41. The van der Waals surface area contributed by atoms with E-state index < -0.39 is 0 Å². The van der Waals surface area contributed by atoms with Crippen molar-refractivity contribution in [3.63, 3.8) is 0 Å². The second-order valence-electron chi connectivity index (χ2n) is 4.64. The molecule has 1 unspecified atom stereocenters. The van der Waals surface area contributed by atoms with Crippen molar-refractivity contribution in [2.75, 3.05) is 6.61 Å². The molecule has 0 spiro atoms. The highest BCUT2D eigenvalue weighted by Gasteiger charge is 2.21. The predicted octanol–water partition coefficient (Wildman–Crippen LogP) is 4.28. The maximum absolute atomic E-state index is 13.8. The van der Waals surface area contributed by atoms with Crippen LogP contribution in [-0.2, 0) is 4.74 Å². The van der Waals surface area contributed by atoms with Crippen LogP contribution in [0.15, 0.2) is 23.2 Å². The molecule has 0 saturated carbocycles. The molecular weight excluding hydrogens is 311 g/mol. The van der Waals surface area contributed by atoms with Crippen molar-refractivity contribution < 1.29 is 9.13 Å². The van der Waals surface area contributed by atoms with Crippen LogP contribution in [0.2, 0.25) is 0 Å². The Balaban J connectivity index is 2.18. The van der Waals surface area contributed by atoms with Gasteiger partial charge in [-0.1, -0.05) is 6.58 Å². The molecule has 0 N–H and O–H groups in total. The van der Waals surface area contributed by atoms with Crippen molar-refractivity contribution in [1.82, 2.24) is 9.78 Å². The molecule has 100 valence electrons. The molecule has 0 bridgehead atoms. The number of rotatable bonds is 2. The predicted molar refractivity (Wildman–Crippen MR) is 76.3 cm³/mol. The Labute approximate surface area is 119 Å². The summed E-state index contributed by atoms with van der Waals surface area (Å²) in [5.41, 5.74) is 1.51. The van der Waals surface area contributed by atoms with Crippen molar-refractivity contribution in [1.29, 1.82) is 0 Å². The van der Waals surface area contributed by atoms with Gasteiger partial charge in [0, 0.05) is 18.1 Å². The Morgan fingerprint density at radius 2 is 2.32 bits per heavy atom. The zero-order valence-corrected chi connectivity index (χ0v) is 12.0. The van der Waals surface area contributed by atoms with Crippen LogP contribution in [0, 0.1) is 5.82 Å². The van der Waals surface area contributed by atoms with Crippen LogP contribution in [0.3, 0.4) is 0 Å². The fourth-order valence-corrected chi connectivity index (χ4v) is 2.79. The summed E-state index contributed by atoms with van der Waals surface area (Å²) < 4.78 is 21.7. The summed E-state index contributed by atoms with van der Waals surface area (Å²) >= 11 is 3.21. The summed E-state index contributed by atoms with van der Waals surface area (Å²) in [5, 5.41) is 5.39. The standard InChI is InChI=1S/C14H14BrFN2O/c1-2-12-9-7-10(15)11(16)8-13(9)18(17-12)14-5-3-4-6-19-14/h2,7-8,14H,1,3-6H2. The van der Waals surface area contributed by atoms with Crippen molar-refractivity contribution >= 4 is 32.9 Å². The van der Waals surface area contributed by atoms with Gasteiger partial charge in [-0.25, -0.2) is 9.07 Å². The second kappa shape index (κ2) is 5.06. The van der Waals surface area contributed by atoms with E-state index in [1.54, 1.807) is 16.8 Å². The quantitative estimate of drug-likeness (QED) is 0.824. The van der Waals surface area contributed by atoms with Crippen molar-refractivity contribution in [2.24, 2.45) is 0 Å². The zero-order chi connectivity index (χ0) is 13.4. The van der Waals surface area contributed by atoms with Crippen molar-refractivity contribution in [3.8, 4) is 0 Å². The van der Waals surface area contributed by atoms with Gasteiger partial charge in [-0.15, -0.1) is 0 Å². The lowest BCUT2D eigenvalue weighted by Crippen LogP contribution is -2.19. The molecule has 1 aliphatic rings. The normalized spacial score (nSPS) is 19.8. The Morgan fingerprint density at radius 3 is 3.00 bits per heavy atom. The summed E-state index contributed by atoms with van der Waals surface area (Å²) in [7, 11) is 0. The maximum atomic E-state index is 13.8. The number of aromatic nitrogens is 2. The maximum Gasteiger partial charge on any atom is 0.150 e. The number of fused-ring (bicyclic) bond motifs is 1. The molecule has 19 heavy (non-hydrogen) atoms. The molecule has 2 aromatic rings. The van der Waals surface area contributed by atoms with Gasteiger partial charge < -0.3 is 4.74 Å². The zero-order valence-electron chi connectivity index (χ0n) is 10.4. The summed E-state index contributed by atoms with van der Waals surface area (Å²) in [6.45, 7) is 4.50. The SMILES string of the molecule is C=Cc1nn(C2CCCCO2)c2cc(F)c(Br)cc12. The largest absolute Gasteiger partial charge is 0.356 e. The highest BCUT2D eigenvalue weighted by atomic mass is 79.9. The number of ether oxygens (including phenoxy) is 1. The summed E-state index contributed by atoms with van der Waals surface area (Å²) in [6, 6.07) is 3.24. The van der Waals surface area contributed by atoms with Crippen LogP contribution in [0.1, 0.15) is 31.2 Å². The Morgan fingerprint density at radius 1 is 1.47 bits per heavy atom. The van der Waals surface area contributed by atoms with Gasteiger partial charge in [-0.3, -0.25) is 0 Å². The monoisotopic (exact) mass is 324 g/mol. The molecule has 1 aromatic carbocycles. The van der Waals surface area contributed by atoms with Crippen LogP contribution in [0.4, 0.5) is 4.39 Å². The van der Waals surface area contributed by atoms with Crippen LogP contribution in [0.5, 0.6) is 0 Å². The molecule has 2 heterocycles. The van der Waals surface area contributed by atoms with Gasteiger partial charge in [0.25, 0.3) is 0 Å². The third-order valence-corrected chi connectivity index (χ3v) is 4.01. The van der Waals surface area contributed by atoms with Gasteiger partial charge in [0.15, 0.2) is 6.23 Å². The van der Waals surface area contributed by atoms with E-state index in [0.717, 1.165) is 42.5 Å². The minimum Gasteiger partial charge on any atom is -0.356 e. The molecular formula is C14H14BrFN2O. The van der Waals surface area contributed by atoms with Gasteiger partial charge in [0.2, 0.25) is 0 Å². The third-order valence-electron chi connectivity index (χ3n) is 3.40. The van der Waals surface area contributed by atoms with Gasteiger partial charge in [0.1, 0.15) is 5.82 Å². The number of nitrogens with zero attached hydrogens (tertiary/aromatic N) is 2. The van der Waals surface area contributed by atoms with E-state index in [-0.39, 0.29) is 12.0 Å². The molecule has 0 amide bonds. The van der Waals surface area contributed by atoms with Crippen molar-refractivity contribution in [2.45, 2.75) is 25.5 Å². The average Bonchev–Trinajstić information content (AvgIpc) is 2.78. The first-order chi connectivity index (χ1) is 9.20. The highest BCUT2D eigenvalue weighted by Crippen LogP contribution is 2.31. The summed E-state index contributed by atoms with van der Waals surface area (Å²) in [4.78, 5) is 0.